The average Bonchev–Trinajstić information content (AvgIpc) is 3.28. The lowest BCUT2D eigenvalue weighted by atomic mass is 9.96. The van der Waals surface area contributed by atoms with Crippen LogP contribution in [0.3, 0.4) is 0 Å². The van der Waals surface area contributed by atoms with Gasteiger partial charge in [0.25, 0.3) is 0 Å². The summed E-state index contributed by atoms with van der Waals surface area (Å²) in [6.07, 6.45) is -2.73. The second-order valence-electron chi connectivity index (χ2n) is 8.67. The molecule has 1 unspecified atom stereocenters. The van der Waals surface area contributed by atoms with Crippen molar-refractivity contribution >= 4 is 17.3 Å². The zero-order chi connectivity index (χ0) is 24.6. The highest BCUT2D eigenvalue weighted by molar-refractivity contribution is 6.18. The Labute approximate surface area is 196 Å². The number of carbonyl (C=O) groups is 1. The summed E-state index contributed by atoms with van der Waals surface area (Å²) in [7, 11) is 6.71. The summed E-state index contributed by atoms with van der Waals surface area (Å²) in [5.41, 5.74) is 2.04. The van der Waals surface area contributed by atoms with Gasteiger partial charge in [0.05, 0.1) is 19.8 Å². The van der Waals surface area contributed by atoms with Gasteiger partial charge in [0.1, 0.15) is 22.8 Å². The normalized spacial score (nSPS) is 18.3. The van der Waals surface area contributed by atoms with E-state index in [9.17, 15) is 18.0 Å². The standard InChI is InChI=1S/C25H26F3N3O3/c1-30(2)14-15-8-9-21(25(26,27)28)22(10-15)31-24(32)20-7-5-6-19(20)23(29-31)16-11-17(33-3)13-18(12-16)34-4/h8-13H,5-7,14H2,1-4H3/p+1. The number of benzene rings is 2. The number of quaternary nitrogens is 1. The highest BCUT2D eigenvalue weighted by Gasteiger charge is 2.44. The number of rotatable bonds is 6. The van der Waals surface area contributed by atoms with Crippen molar-refractivity contribution in [2.75, 3.05) is 28.3 Å². The zero-order valence-corrected chi connectivity index (χ0v) is 19.5. The maximum absolute atomic E-state index is 14.0. The highest BCUT2D eigenvalue weighted by Crippen LogP contribution is 2.37. The third-order valence-corrected chi connectivity index (χ3v) is 5.98. The van der Waals surface area contributed by atoms with Crippen molar-refractivity contribution in [2.24, 2.45) is 5.10 Å². The minimum absolute atomic E-state index is 0.176. The number of halogens is 3. The van der Waals surface area contributed by atoms with Gasteiger partial charge in [0.2, 0.25) is 0 Å². The van der Waals surface area contributed by atoms with Gasteiger partial charge in [-0.15, -0.1) is 5.01 Å². The first-order chi connectivity index (χ1) is 16.1. The fourth-order valence-corrected chi connectivity index (χ4v) is 4.49. The number of carbonyl (C=O) groups excluding carboxylic acids is 1. The minimum Gasteiger partial charge on any atom is -0.497 e. The van der Waals surface area contributed by atoms with Crippen LogP contribution in [0, 0.1) is 0 Å². The number of hydrogen-bond acceptors (Lipinski definition) is 5. The fraction of sp³-hybridized carbons (Fsp3) is 0.360. The van der Waals surface area contributed by atoms with Crippen LogP contribution in [0.1, 0.15) is 36.0 Å². The van der Waals surface area contributed by atoms with Gasteiger partial charge in [-0.1, -0.05) is 11.2 Å². The lowest BCUT2D eigenvalue weighted by molar-refractivity contribution is -0.755. The first-order valence-electron chi connectivity index (χ1n) is 10.9. The van der Waals surface area contributed by atoms with Gasteiger partial charge in [-0.25, -0.2) is 4.79 Å². The maximum atomic E-state index is 14.0. The Morgan fingerprint density at radius 1 is 1.00 bits per heavy atom. The van der Waals surface area contributed by atoms with E-state index in [4.69, 9.17) is 9.47 Å². The molecule has 0 radical (unpaired) electrons. The molecule has 0 fully saturated rings. The molecule has 34 heavy (non-hydrogen) atoms. The van der Waals surface area contributed by atoms with Gasteiger partial charge < -0.3 is 14.4 Å². The summed E-state index contributed by atoms with van der Waals surface area (Å²) in [5.74, 6) is 0.623. The Bertz CT molecular complexity index is 1160. The molecule has 0 aromatic heterocycles. The Morgan fingerprint density at radius 3 is 2.24 bits per heavy atom. The number of alkyl halides is 3. The van der Waals surface area contributed by atoms with Crippen LogP contribution in [0.5, 0.6) is 11.5 Å². The summed E-state index contributed by atoms with van der Waals surface area (Å²) < 4.78 is 52.7. The molecule has 0 bridgehead atoms. The van der Waals surface area contributed by atoms with E-state index < -0.39 is 17.6 Å². The summed E-state index contributed by atoms with van der Waals surface area (Å²) in [6, 6.07) is 9.13. The van der Waals surface area contributed by atoms with Gasteiger partial charge in [-0.05, 0) is 62.7 Å². The molecule has 0 saturated heterocycles. The molecule has 2 aromatic carbocycles. The van der Waals surface area contributed by atoms with Crippen LogP contribution in [0.2, 0.25) is 0 Å². The van der Waals surface area contributed by atoms with Gasteiger partial charge in [0.15, 0.2) is 5.69 Å². The fourth-order valence-electron chi connectivity index (χ4n) is 4.49. The van der Waals surface area contributed by atoms with E-state index >= 15 is 0 Å². The minimum atomic E-state index is -4.63. The number of hydrogen-bond donors (Lipinski definition) is 1. The molecule has 1 aliphatic carbocycles. The van der Waals surface area contributed by atoms with Crippen molar-refractivity contribution in [1.82, 2.24) is 4.90 Å². The Balaban J connectivity index is 1.91. The molecular formula is C25H27F3N3O3+. The number of allylic oxidation sites excluding steroid dienone is 1. The van der Waals surface area contributed by atoms with E-state index in [1.807, 2.05) is 19.0 Å². The summed E-state index contributed by atoms with van der Waals surface area (Å²) in [5, 5.41) is 4.42. The Hall–Kier alpha value is -3.17. The highest BCUT2D eigenvalue weighted by atomic mass is 19.4. The molecule has 9 heteroatoms. The molecule has 1 heterocycles. The molecule has 0 spiro atoms. The molecule has 1 N–H and O–H groups in total. The maximum Gasteiger partial charge on any atom is 0.422 e. The van der Waals surface area contributed by atoms with E-state index in [1.165, 1.54) is 26.4 Å². The molecule has 1 atom stereocenters. The largest absolute Gasteiger partial charge is 0.497 e. The average molecular weight is 475 g/mol. The van der Waals surface area contributed by atoms with Gasteiger partial charge in [-0.3, -0.25) is 0 Å². The molecule has 1 aliphatic heterocycles. The van der Waals surface area contributed by atoms with Crippen LogP contribution in [-0.4, -0.2) is 44.8 Å². The molecule has 180 valence electrons. The topological polar surface area (TPSA) is 55.6 Å². The molecule has 1 amide bonds. The third kappa shape index (κ3) is 4.58. The monoisotopic (exact) mass is 474 g/mol. The molecular weight excluding hydrogens is 447 g/mol. The van der Waals surface area contributed by atoms with E-state index in [2.05, 4.69) is 5.10 Å². The van der Waals surface area contributed by atoms with Crippen LogP contribution in [0.4, 0.5) is 18.9 Å². The van der Waals surface area contributed by atoms with E-state index in [1.54, 1.807) is 18.2 Å². The molecule has 2 aromatic rings. The predicted molar refractivity (Wildman–Crippen MR) is 121 cm³/mol. The smallest absolute Gasteiger partial charge is 0.422 e. The van der Waals surface area contributed by atoms with Crippen LogP contribution in [0.25, 0.3) is 0 Å². The van der Waals surface area contributed by atoms with Crippen molar-refractivity contribution < 1.29 is 32.4 Å². The Kier molecular flexibility index (Phi) is 6.51. The van der Waals surface area contributed by atoms with Crippen LogP contribution in [0.15, 0.2) is 52.6 Å². The second kappa shape index (κ2) is 9.23. The van der Waals surface area contributed by atoms with Crippen molar-refractivity contribution in [3.8, 4) is 11.5 Å². The molecule has 6 nitrogen and oxygen atoms in total. The molecule has 2 aliphatic rings. The number of amides is 1. The van der Waals surface area contributed by atoms with Gasteiger partial charge >= 0.3 is 12.1 Å². The predicted octanol–water partition coefficient (Wildman–Crippen LogP) is 3.73. The molecule has 0 saturated carbocycles. The van der Waals surface area contributed by atoms with E-state index in [0.717, 1.165) is 18.1 Å². The van der Waals surface area contributed by atoms with E-state index in [-0.39, 0.29) is 10.7 Å². The van der Waals surface area contributed by atoms with Crippen LogP contribution < -0.4 is 14.5 Å². The summed E-state index contributed by atoms with van der Waals surface area (Å²) in [6.45, 7) is 0.435. The Morgan fingerprint density at radius 2 is 1.65 bits per heavy atom. The van der Waals surface area contributed by atoms with Crippen molar-refractivity contribution in [2.45, 2.75) is 32.0 Å². The van der Waals surface area contributed by atoms with Crippen molar-refractivity contribution in [3.05, 3.63) is 64.2 Å². The lowest BCUT2D eigenvalue weighted by Crippen LogP contribution is -3.07. The van der Waals surface area contributed by atoms with Crippen molar-refractivity contribution in [1.29, 1.82) is 0 Å². The molecule has 4 rings (SSSR count). The number of nitrogens with zero attached hydrogens (tertiary/aromatic N) is 2. The van der Waals surface area contributed by atoms with Crippen LogP contribution in [-0.2, 0) is 17.5 Å². The summed E-state index contributed by atoms with van der Waals surface area (Å²) in [4.78, 5) is 15.3. The summed E-state index contributed by atoms with van der Waals surface area (Å²) >= 11 is 0. The first kappa shape index (κ1) is 24.0. The quantitative estimate of drug-likeness (QED) is 0.694. The number of methoxy groups -OCH3 is 2. The van der Waals surface area contributed by atoms with Crippen LogP contribution >= 0.6 is 0 Å². The van der Waals surface area contributed by atoms with E-state index in [0.29, 0.717) is 53.3 Å². The van der Waals surface area contributed by atoms with Gasteiger partial charge in [-0.2, -0.15) is 13.2 Å². The lowest BCUT2D eigenvalue weighted by Gasteiger charge is -2.23. The first-order valence-corrected chi connectivity index (χ1v) is 10.9. The van der Waals surface area contributed by atoms with Crippen molar-refractivity contribution in [3.63, 3.8) is 0 Å². The van der Waals surface area contributed by atoms with Gasteiger partial charge in [0, 0.05) is 24.2 Å². The SMILES string of the molecule is COc1cc(OC)cc(C2=N[NH+](c3cc(CN(C)C)ccc3C(F)(F)F)C(=O)C3=C2CCC3)c1. The zero-order valence-electron chi connectivity index (χ0n) is 19.5. The second-order valence-corrected chi connectivity index (χ2v) is 8.67. The number of ether oxygens (including phenoxy) is 2. The number of nitrogens with one attached hydrogen (secondary N) is 1. The third-order valence-electron chi connectivity index (χ3n) is 5.98.